The third-order valence-corrected chi connectivity index (χ3v) is 6.53. The van der Waals surface area contributed by atoms with E-state index in [1.807, 2.05) is 0 Å². The molecule has 0 radical (unpaired) electrons. The molecule has 1 unspecified atom stereocenters. The largest absolute Gasteiger partial charge is 0.497 e. The summed E-state index contributed by atoms with van der Waals surface area (Å²) in [5, 5.41) is 11.1. The van der Waals surface area contributed by atoms with Crippen molar-refractivity contribution in [3.05, 3.63) is 65.0 Å². The number of aliphatic hydroxyl groups is 1. The third kappa shape index (κ3) is 6.30. The van der Waals surface area contributed by atoms with Crippen molar-refractivity contribution in [2.24, 2.45) is 0 Å². The number of H-pyrrole nitrogens is 1. The average Bonchev–Trinajstić information content (AvgIpc) is 2.76. The zero-order chi connectivity index (χ0) is 22.4. The lowest BCUT2D eigenvalue weighted by molar-refractivity contribution is 0.0781. The molecule has 0 saturated heterocycles. The van der Waals surface area contributed by atoms with E-state index in [-0.39, 0.29) is 35.9 Å². The van der Waals surface area contributed by atoms with Crippen LogP contribution in [0.2, 0.25) is 0 Å². The first-order chi connectivity index (χ1) is 14.8. The highest BCUT2D eigenvalue weighted by molar-refractivity contribution is 7.91. The van der Waals surface area contributed by atoms with Gasteiger partial charge in [-0.15, -0.1) is 0 Å². The SMILES string of the molecule is COc1ccc(S(=O)(=O)CCN(C)CC(O)COc2ccc3[nH]c(=O)ccc3c2)cc1. The molecular formula is C22H26N2O6S. The van der Waals surface area contributed by atoms with E-state index in [9.17, 15) is 18.3 Å². The van der Waals surface area contributed by atoms with Gasteiger partial charge in [0.2, 0.25) is 5.56 Å². The fourth-order valence-corrected chi connectivity index (χ4v) is 4.43. The van der Waals surface area contributed by atoms with E-state index < -0.39 is 15.9 Å². The summed E-state index contributed by atoms with van der Waals surface area (Å²) in [5.41, 5.74) is 0.534. The molecule has 1 atom stereocenters. The van der Waals surface area contributed by atoms with Crippen molar-refractivity contribution in [3.63, 3.8) is 0 Å². The number of methoxy groups -OCH3 is 1. The van der Waals surface area contributed by atoms with Crippen LogP contribution in [0.1, 0.15) is 0 Å². The number of nitrogens with zero attached hydrogens (tertiary/aromatic N) is 1. The van der Waals surface area contributed by atoms with Gasteiger partial charge in [0.15, 0.2) is 9.84 Å². The minimum Gasteiger partial charge on any atom is -0.497 e. The molecule has 0 aliphatic carbocycles. The van der Waals surface area contributed by atoms with Crippen LogP contribution in [0.4, 0.5) is 0 Å². The normalized spacial score (nSPS) is 12.8. The maximum atomic E-state index is 12.5. The first-order valence-electron chi connectivity index (χ1n) is 9.76. The summed E-state index contributed by atoms with van der Waals surface area (Å²) < 4.78 is 35.7. The van der Waals surface area contributed by atoms with Crippen LogP contribution in [0.25, 0.3) is 10.9 Å². The summed E-state index contributed by atoms with van der Waals surface area (Å²) in [4.78, 5) is 16.1. The average molecular weight is 447 g/mol. The summed E-state index contributed by atoms with van der Waals surface area (Å²) in [6.07, 6.45) is -0.792. The van der Waals surface area contributed by atoms with E-state index >= 15 is 0 Å². The van der Waals surface area contributed by atoms with Gasteiger partial charge in [0.25, 0.3) is 0 Å². The topological polar surface area (TPSA) is 109 Å². The van der Waals surface area contributed by atoms with Gasteiger partial charge in [-0.1, -0.05) is 0 Å². The van der Waals surface area contributed by atoms with Crippen molar-refractivity contribution in [3.8, 4) is 11.5 Å². The molecule has 8 nitrogen and oxygen atoms in total. The summed E-state index contributed by atoms with van der Waals surface area (Å²) in [7, 11) is -0.158. The molecule has 31 heavy (non-hydrogen) atoms. The van der Waals surface area contributed by atoms with Gasteiger partial charge in [-0.2, -0.15) is 0 Å². The van der Waals surface area contributed by atoms with Gasteiger partial charge >= 0.3 is 0 Å². The van der Waals surface area contributed by atoms with Gasteiger partial charge in [0.05, 0.1) is 17.8 Å². The Bertz CT molecular complexity index is 1170. The number of aromatic amines is 1. The molecule has 1 aromatic heterocycles. The van der Waals surface area contributed by atoms with Crippen LogP contribution in [0.5, 0.6) is 11.5 Å². The lowest BCUT2D eigenvalue weighted by Crippen LogP contribution is -2.35. The molecular weight excluding hydrogens is 420 g/mol. The third-order valence-electron chi connectivity index (χ3n) is 4.82. The Morgan fingerprint density at radius 2 is 1.77 bits per heavy atom. The van der Waals surface area contributed by atoms with Gasteiger partial charge in [0.1, 0.15) is 24.2 Å². The Kier molecular flexibility index (Phi) is 7.32. The van der Waals surface area contributed by atoms with E-state index in [0.717, 1.165) is 5.39 Å². The Morgan fingerprint density at radius 1 is 1.06 bits per heavy atom. The number of aromatic nitrogens is 1. The van der Waals surface area contributed by atoms with Crippen LogP contribution in [0.15, 0.2) is 64.3 Å². The maximum absolute atomic E-state index is 12.5. The zero-order valence-electron chi connectivity index (χ0n) is 17.4. The number of benzene rings is 2. The number of aliphatic hydroxyl groups excluding tert-OH is 1. The highest BCUT2D eigenvalue weighted by atomic mass is 32.2. The number of hydrogen-bond donors (Lipinski definition) is 2. The number of pyridine rings is 1. The van der Waals surface area contributed by atoms with Gasteiger partial charge in [-0.3, -0.25) is 4.79 Å². The number of nitrogens with one attached hydrogen (secondary N) is 1. The van der Waals surface area contributed by atoms with E-state index in [0.29, 0.717) is 17.0 Å². The van der Waals surface area contributed by atoms with E-state index in [1.165, 1.54) is 25.3 Å². The van der Waals surface area contributed by atoms with Crippen molar-refractivity contribution in [2.45, 2.75) is 11.0 Å². The van der Waals surface area contributed by atoms with E-state index in [4.69, 9.17) is 9.47 Å². The van der Waals surface area contributed by atoms with Gasteiger partial charge in [-0.25, -0.2) is 8.42 Å². The van der Waals surface area contributed by atoms with Crippen LogP contribution in [0.3, 0.4) is 0 Å². The Morgan fingerprint density at radius 3 is 2.48 bits per heavy atom. The van der Waals surface area contributed by atoms with E-state index in [1.54, 1.807) is 48.3 Å². The van der Waals surface area contributed by atoms with Gasteiger partial charge in [0, 0.05) is 30.1 Å². The van der Waals surface area contributed by atoms with Crippen molar-refractivity contribution in [1.82, 2.24) is 9.88 Å². The molecule has 166 valence electrons. The van der Waals surface area contributed by atoms with Crippen molar-refractivity contribution in [1.29, 1.82) is 0 Å². The quantitative estimate of drug-likeness (QED) is 0.488. The fraction of sp³-hybridized carbons (Fsp3) is 0.318. The highest BCUT2D eigenvalue weighted by Gasteiger charge is 2.17. The molecule has 0 bridgehead atoms. The molecule has 0 amide bonds. The number of ether oxygens (including phenoxy) is 2. The lowest BCUT2D eigenvalue weighted by atomic mass is 10.2. The van der Waals surface area contributed by atoms with E-state index in [2.05, 4.69) is 4.98 Å². The summed E-state index contributed by atoms with van der Waals surface area (Å²) in [6.45, 7) is 0.595. The molecule has 3 aromatic rings. The van der Waals surface area contributed by atoms with Crippen LogP contribution in [-0.4, -0.2) is 69.1 Å². The summed E-state index contributed by atoms with van der Waals surface area (Å²) in [6, 6.07) is 14.7. The van der Waals surface area contributed by atoms with Crippen LogP contribution in [-0.2, 0) is 9.84 Å². The first kappa shape index (κ1) is 22.8. The molecule has 0 spiro atoms. The summed E-state index contributed by atoms with van der Waals surface area (Å²) in [5.74, 6) is 1.11. The molecule has 9 heteroatoms. The van der Waals surface area contributed by atoms with Crippen LogP contribution in [0, 0.1) is 0 Å². The second-order valence-corrected chi connectivity index (χ2v) is 9.40. The second-order valence-electron chi connectivity index (χ2n) is 7.29. The zero-order valence-corrected chi connectivity index (χ0v) is 18.3. The second kappa shape index (κ2) is 9.95. The minimum absolute atomic E-state index is 0.0600. The molecule has 0 aliphatic rings. The minimum atomic E-state index is -3.43. The maximum Gasteiger partial charge on any atom is 0.248 e. The first-order valence-corrected chi connectivity index (χ1v) is 11.4. The molecule has 0 fully saturated rings. The number of sulfone groups is 1. The number of likely N-dealkylation sites (N-methyl/N-ethyl adjacent to an activating group) is 1. The Labute approximate surface area is 181 Å². The fourth-order valence-electron chi connectivity index (χ4n) is 3.10. The molecule has 2 N–H and O–H groups in total. The predicted molar refractivity (Wildman–Crippen MR) is 119 cm³/mol. The summed E-state index contributed by atoms with van der Waals surface area (Å²) >= 11 is 0. The van der Waals surface area contributed by atoms with Crippen LogP contribution >= 0.6 is 0 Å². The standard InChI is InChI=1S/C22H26N2O6S/c1-24(11-12-31(27,28)20-7-4-18(29-2)5-8-20)14-17(25)15-30-19-6-9-21-16(13-19)3-10-22(26)23-21/h3-10,13,17,25H,11-12,14-15H2,1-2H3,(H,23,26). The van der Waals surface area contributed by atoms with Crippen molar-refractivity contribution >= 4 is 20.7 Å². The van der Waals surface area contributed by atoms with Crippen molar-refractivity contribution in [2.75, 3.05) is 39.6 Å². The Hall–Kier alpha value is -2.88. The molecule has 0 aliphatic heterocycles. The van der Waals surface area contributed by atoms with Crippen molar-refractivity contribution < 1.29 is 23.0 Å². The van der Waals surface area contributed by atoms with Gasteiger partial charge in [-0.05, 0) is 55.6 Å². The molecule has 2 aromatic carbocycles. The monoisotopic (exact) mass is 446 g/mol. The number of hydrogen-bond acceptors (Lipinski definition) is 7. The Balaban J connectivity index is 1.48. The number of rotatable bonds is 10. The predicted octanol–water partition coefficient (Wildman–Crippen LogP) is 1.68. The van der Waals surface area contributed by atoms with Gasteiger partial charge < -0.3 is 24.5 Å². The van der Waals surface area contributed by atoms with Crippen LogP contribution < -0.4 is 15.0 Å². The smallest absolute Gasteiger partial charge is 0.248 e. The lowest BCUT2D eigenvalue weighted by Gasteiger charge is -2.21. The molecule has 1 heterocycles. The molecule has 3 rings (SSSR count). The number of fused-ring (bicyclic) bond motifs is 1. The molecule has 0 saturated carbocycles. The highest BCUT2D eigenvalue weighted by Crippen LogP contribution is 2.19.